The van der Waals surface area contributed by atoms with Gasteiger partial charge >= 0.3 is 0 Å². The van der Waals surface area contributed by atoms with Crippen molar-refractivity contribution in [3.8, 4) is 0 Å². The standard InChI is InChI=1S/C13H12N4O2/c1-15-7-5-14-13(15)9-16-6-4-10-2-3-11(17(18)19)8-12(10)16/h2-8H,9H2,1H3. The van der Waals surface area contributed by atoms with Gasteiger partial charge in [0.15, 0.2) is 0 Å². The molecule has 0 N–H and O–H groups in total. The molecule has 2 aromatic heterocycles. The quantitative estimate of drug-likeness (QED) is 0.533. The highest BCUT2D eigenvalue weighted by molar-refractivity contribution is 5.82. The van der Waals surface area contributed by atoms with E-state index in [9.17, 15) is 10.1 Å². The summed E-state index contributed by atoms with van der Waals surface area (Å²) in [6.07, 6.45) is 5.54. The lowest BCUT2D eigenvalue weighted by atomic mass is 10.2. The molecule has 0 spiro atoms. The summed E-state index contributed by atoms with van der Waals surface area (Å²) in [4.78, 5) is 14.7. The van der Waals surface area contributed by atoms with Gasteiger partial charge in [0.2, 0.25) is 0 Å². The molecule has 0 amide bonds. The van der Waals surface area contributed by atoms with E-state index in [2.05, 4.69) is 4.98 Å². The molecule has 96 valence electrons. The van der Waals surface area contributed by atoms with Crippen LogP contribution in [0.4, 0.5) is 5.69 Å². The van der Waals surface area contributed by atoms with Crippen LogP contribution < -0.4 is 0 Å². The van der Waals surface area contributed by atoms with Crippen molar-refractivity contribution in [3.63, 3.8) is 0 Å². The number of aryl methyl sites for hydroxylation is 1. The lowest BCUT2D eigenvalue weighted by Crippen LogP contribution is -2.04. The van der Waals surface area contributed by atoms with E-state index in [1.54, 1.807) is 18.3 Å². The number of aromatic nitrogens is 3. The number of benzene rings is 1. The first kappa shape index (κ1) is 11.5. The summed E-state index contributed by atoms with van der Waals surface area (Å²) in [6, 6.07) is 6.83. The predicted molar refractivity (Wildman–Crippen MR) is 70.9 cm³/mol. The molecule has 1 aromatic carbocycles. The zero-order valence-electron chi connectivity index (χ0n) is 10.4. The summed E-state index contributed by atoms with van der Waals surface area (Å²) in [5.41, 5.74) is 0.949. The van der Waals surface area contributed by atoms with E-state index in [0.717, 1.165) is 16.7 Å². The fourth-order valence-corrected chi connectivity index (χ4v) is 2.12. The average molecular weight is 256 g/mol. The van der Waals surface area contributed by atoms with Gasteiger partial charge in [-0.2, -0.15) is 0 Å². The molecule has 0 aliphatic carbocycles. The Hall–Kier alpha value is -2.63. The van der Waals surface area contributed by atoms with Gasteiger partial charge in [0.1, 0.15) is 5.82 Å². The molecular formula is C13H12N4O2. The van der Waals surface area contributed by atoms with Crippen molar-refractivity contribution in [1.29, 1.82) is 0 Å². The van der Waals surface area contributed by atoms with Crippen molar-refractivity contribution in [1.82, 2.24) is 14.1 Å². The molecule has 3 rings (SSSR count). The van der Waals surface area contributed by atoms with Crippen LogP contribution in [0.25, 0.3) is 10.9 Å². The number of hydrogen-bond donors (Lipinski definition) is 0. The van der Waals surface area contributed by atoms with Crippen LogP contribution in [0.15, 0.2) is 42.9 Å². The van der Waals surface area contributed by atoms with Crippen LogP contribution >= 0.6 is 0 Å². The second-order valence-electron chi connectivity index (χ2n) is 4.40. The van der Waals surface area contributed by atoms with Gasteiger partial charge < -0.3 is 9.13 Å². The third-order valence-corrected chi connectivity index (χ3v) is 3.20. The maximum atomic E-state index is 10.8. The van der Waals surface area contributed by atoms with Crippen LogP contribution in [0.3, 0.4) is 0 Å². The summed E-state index contributed by atoms with van der Waals surface area (Å²) in [6.45, 7) is 0.591. The minimum absolute atomic E-state index is 0.104. The topological polar surface area (TPSA) is 65.9 Å². The van der Waals surface area contributed by atoms with Crippen molar-refractivity contribution in [2.45, 2.75) is 6.54 Å². The summed E-state index contributed by atoms with van der Waals surface area (Å²) in [7, 11) is 1.93. The molecule has 0 unspecified atom stereocenters. The molecule has 0 saturated heterocycles. The Kier molecular flexibility index (Phi) is 2.56. The third-order valence-electron chi connectivity index (χ3n) is 3.20. The summed E-state index contributed by atoms with van der Waals surface area (Å²) in [5.74, 6) is 0.906. The van der Waals surface area contributed by atoms with Gasteiger partial charge in [-0.05, 0) is 12.1 Å². The fourth-order valence-electron chi connectivity index (χ4n) is 2.12. The Morgan fingerprint density at radius 1 is 1.32 bits per heavy atom. The lowest BCUT2D eigenvalue weighted by molar-refractivity contribution is -0.384. The zero-order valence-corrected chi connectivity index (χ0v) is 10.4. The second-order valence-corrected chi connectivity index (χ2v) is 4.40. The molecule has 0 aliphatic heterocycles. The Balaban J connectivity index is 2.06. The van der Waals surface area contributed by atoms with Gasteiger partial charge in [-0.15, -0.1) is 0 Å². The highest BCUT2D eigenvalue weighted by Gasteiger charge is 2.10. The molecule has 3 aromatic rings. The van der Waals surface area contributed by atoms with Crippen molar-refractivity contribution in [2.24, 2.45) is 7.05 Å². The van der Waals surface area contributed by atoms with Crippen LogP contribution in [0.1, 0.15) is 5.82 Å². The molecule has 6 nitrogen and oxygen atoms in total. The number of non-ortho nitro benzene ring substituents is 1. The van der Waals surface area contributed by atoms with Crippen molar-refractivity contribution in [3.05, 3.63) is 58.8 Å². The molecule has 6 heteroatoms. The summed E-state index contributed by atoms with van der Waals surface area (Å²) < 4.78 is 3.90. The SMILES string of the molecule is Cn1ccnc1Cn1ccc2ccc([N+](=O)[O-])cc21. The first-order valence-corrected chi connectivity index (χ1v) is 5.84. The van der Waals surface area contributed by atoms with E-state index in [4.69, 9.17) is 0 Å². The van der Waals surface area contributed by atoms with Gasteiger partial charge in [-0.3, -0.25) is 10.1 Å². The van der Waals surface area contributed by atoms with Gasteiger partial charge in [0, 0.05) is 43.2 Å². The molecule has 0 aliphatic rings. The number of nitro benzene ring substituents is 1. The normalized spacial score (nSPS) is 11.0. The summed E-state index contributed by atoms with van der Waals surface area (Å²) in [5, 5.41) is 11.8. The van der Waals surface area contributed by atoms with Gasteiger partial charge in [0.05, 0.1) is 17.0 Å². The van der Waals surface area contributed by atoms with Gasteiger partial charge in [-0.1, -0.05) is 0 Å². The van der Waals surface area contributed by atoms with E-state index < -0.39 is 0 Å². The molecule has 2 heterocycles. The minimum atomic E-state index is -0.377. The van der Waals surface area contributed by atoms with Crippen LogP contribution in [0.5, 0.6) is 0 Å². The first-order valence-electron chi connectivity index (χ1n) is 5.84. The number of nitro groups is 1. The highest BCUT2D eigenvalue weighted by atomic mass is 16.6. The van der Waals surface area contributed by atoms with Crippen LogP contribution in [-0.2, 0) is 13.6 Å². The number of fused-ring (bicyclic) bond motifs is 1. The van der Waals surface area contributed by atoms with E-state index >= 15 is 0 Å². The van der Waals surface area contributed by atoms with Crippen LogP contribution in [-0.4, -0.2) is 19.0 Å². The number of imidazole rings is 1. The highest BCUT2D eigenvalue weighted by Crippen LogP contribution is 2.22. The zero-order chi connectivity index (χ0) is 13.4. The van der Waals surface area contributed by atoms with Crippen molar-refractivity contribution >= 4 is 16.6 Å². The Labute approximate surface area is 109 Å². The van der Waals surface area contributed by atoms with Crippen LogP contribution in [0, 0.1) is 10.1 Å². The predicted octanol–water partition coefficient (Wildman–Crippen LogP) is 2.33. The monoisotopic (exact) mass is 256 g/mol. The number of hydrogen-bond acceptors (Lipinski definition) is 3. The molecule has 0 atom stereocenters. The maximum Gasteiger partial charge on any atom is 0.271 e. The Morgan fingerprint density at radius 2 is 2.16 bits per heavy atom. The van der Waals surface area contributed by atoms with Gasteiger partial charge in [-0.25, -0.2) is 4.98 Å². The second kappa shape index (κ2) is 4.24. The van der Waals surface area contributed by atoms with Crippen LogP contribution in [0.2, 0.25) is 0 Å². The van der Waals surface area contributed by atoms with E-state index in [-0.39, 0.29) is 10.6 Å². The summed E-state index contributed by atoms with van der Waals surface area (Å²) >= 11 is 0. The molecular weight excluding hydrogens is 244 g/mol. The maximum absolute atomic E-state index is 10.8. The average Bonchev–Trinajstić information content (AvgIpc) is 2.97. The largest absolute Gasteiger partial charge is 0.340 e. The Morgan fingerprint density at radius 3 is 2.84 bits per heavy atom. The Bertz CT molecular complexity index is 757. The van der Waals surface area contributed by atoms with Crippen molar-refractivity contribution < 1.29 is 4.92 Å². The lowest BCUT2D eigenvalue weighted by Gasteiger charge is -2.05. The van der Waals surface area contributed by atoms with Gasteiger partial charge in [0.25, 0.3) is 5.69 Å². The van der Waals surface area contributed by atoms with E-state index in [1.165, 1.54) is 6.07 Å². The van der Waals surface area contributed by atoms with E-state index in [1.807, 2.05) is 34.6 Å². The number of nitrogens with zero attached hydrogens (tertiary/aromatic N) is 4. The van der Waals surface area contributed by atoms with Crippen molar-refractivity contribution in [2.75, 3.05) is 0 Å². The molecule has 0 fully saturated rings. The molecule has 19 heavy (non-hydrogen) atoms. The first-order chi connectivity index (χ1) is 9.15. The smallest absolute Gasteiger partial charge is 0.271 e. The number of rotatable bonds is 3. The third kappa shape index (κ3) is 1.97. The molecule has 0 radical (unpaired) electrons. The molecule has 0 bridgehead atoms. The minimum Gasteiger partial charge on any atom is -0.340 e. The van der Waals surface area contributed by atoms with E-state index in [0.29, 0.717) is 6.54 Å². The molecule has 0 saturated carbocycles. The fraction of sp³-hybridized carbons (Fsp3) is 0.154.